The van der Waals surface area contributed by atoms with E-state index in [1.165, 1.54) is 18.1 Å². The molecular formula is C17H25ClN2O5S. The van der Waals surface area contributed by atoms with Gasteiger partial charge in [0.15, 0.2) is 0 Å². The Balaban J connectivity index is 2.29. The van der Waals surface area contributed by atoms with Gasteiger partial charge < -0.3 is 14.7 Å². The summed E-state index contributed by atoms with van der Waals surface area (Å²) in [4.78, 5) is 14.2. The summed E-state index contributed by atoms with van der Waals surface area (Å²) in [7, 11) is -0.745. The first-order chi connectivity index (χ1) is 12.1. The summed E-state index contributed by atoms with van der Waals surface area (Å²) in [5.74, 6) is -0.101. The second-order valence-electron chi connectivity index (χ2n) is 6.51. The molecule has 1 N–H and O–H groups in total. The lowest BCUT2D eigenvalue weighted by atomic mass is 9.91. The number of nitrogens with zero attached hydrogens (tertiary/aromatic N) is 2. The molecule has 26 heavy (non-hydrogen) atoms. The van der Waals surface area contributed by atoms with Crippen molar-refractivity contribution in [1.82, 2.24) is 4.90 Å². The summed E-state index contributed by atoms with van der Waals surface area (Å²) in [6.07, 6.45) is 3.62. The van der Waals surface area contributed by atoms with Gasteiger partial charge in [0.25, 0.3) is 0 Å². The quantitative estimate of drug-likeness (QED) is 0.782. The third-order valence-corrected chi connectivity index (χ3v) is 6.04. The van der Waals surface area contributed by atoms with E-state index in [9.17, 15) is 18.3 Å². The maximum absolute atomic E-state index is 12.7. The average molecular weight is 405 g/mol. The van der Waals surface area contributed by atoms with Gasteiger partial charge in [-0.25, -0.2) is 8.42 Å². The molecule has 0 saturated heterocycles. The monoisotopic (exact) mass is 404 g/mol. The molecule has 0 heterocycles. The van der Waals surface area contributed by atoms with Crippen LogP contribution in [0.5, 0.6) is 5.75 Å². The van der Waals surface area contributed by atoms with Crippen molar-refractivity contribution >= 4 is 33.2 Å². The van der Waals surface area contributed by atoms with Crippen LogP contribution in [0.2, 0.25) is 5.02 Å². The van der Waals surface area contributed by atoms with Crippen LogP contribution in [-0.4, -0.2) is 63.4 Å². The molecule has 1 aliphatic carbocycles. The largest absolute Gasteiger partial charge is 0.495 e. The lowest BCUT2D eigenvalue weighted by Crippen LogP contribution is -2.50. The second-order valence-corrected chi connectivity index (χ2v) is 8.85. The Bertz CT molecular complexity index is 756. The van der Waals surface area contributed by atoms with Gasteiger partial charge >= 0.3 is 0 Å². The maximum atomic E-state index is 12.7. The van der Waals surface area contributed by atoms with Crippen LogP contribution in [0.3, 0.4) is 0 Å². The molecule has 7 nitrogen and oxygen atoms in total. The fourth-order valence-corrected chi connectivity index (χ4v) is 4.21. The minimum Gasteiger partial charge on any atom is -0.495 e. The SMILES string of the molecule is COc1ccc(Cl)cc1N(CC(=O)N(C)C1CCCCC1O)S(C)(=O)=O. The third-order valence-electron chi connectivity index (χ3n) is 4.67. The number of aliphatic hydroxyl groups excluding tert-OH is 1. The Morgan fingerprint density at radius 1 is 1.35 bits per heavy atom. The number of benzene rings is 1. The van der Waals surface area contributed by atoms with Gasteiger partial charge in [-0.2, -0.15) is 0 Å². The van der Waals surface area contributed by atoms with Crippen molar-refractivity contribution in [2.24, 2.45) is 0 Å². The van der Waals surface area contributed by atoms with E-state index < -0.39 is 28.6 Å². The van der Waals surface area contributed by atoms with Gasteiger partial charge in [-0.05, 0) is 31.0 Å². The number of rotatable bonds is 6. The second kappa shape index (κ2) is 8.45. The molecule has 1 aliphatic rings. The van der Waals surface area contributed by atoms with E-state index in [1.807, 2.05) is 0 Å². The lowest BCUT2D eigenvalue weighted by Gasteiger charge is -2.36. The number of halogens is 1. The smallest absolute Gasteiger partial charge is 0.243 e. The Kier molecular flexibility index (Phi) is 6.76. The molecule has 146 valence electrons. The summed E-state index contributed by atoms with van der Waals surface area (Å²) in [6, 6.07) is 4.27. The van der Waals surface area contributed by atoms with E-state index in [-0.39, 0.29) is 11.7 Å². The molecule has 1 fully saturated rings. The van der Waals surface area contributed by atoms with E-state index >= 15 is 0 Å². The Labute approximate surface area is 159 Å². The van der Waals surface area contributed by atoms with Gasteiger partial charge in [0.05, 0.1) is 31.2 Å². The molecule has 1 saturated carbocycles. The molecule has 2 unspecified atom stereocenters. The number of ether oxygens (including phenoxy) is 1. The third kappa shape index (κ3) is 4.81. The summed E-state index contributed by atoms with van der Waals surface area (Å²) in [6.45, 7) is -0.394. The number of sulfonamides is 1. The molecule has 1 amide bonds. The van der Waals surface area contributed by atoms with Crippen molar-refractivity contribution in [1.29, 1.82) is 0 Å². The Hall–Kier alpha value is -1.51. The van der Waals surface area contributed by atoms with Crippen LogP contribution < -0.4 is 9.04 Å². The molecule has 0 spiro atoms. The number of methoxy groups -OCH3 is 1. The van der Waals surface area contributed by atoms with Crippen molar-refractivity contribution in [2.45, 2.75) is 37.8 Å². The first-order valence-corrected chi connectivity index (χ1v) is 10.6. The zero-order valence-electron chi connectivity index (χ0n) is 15.2. The Morgan fingerprint density at radius 3 is 2.58 bits per heavy atom. The van der Waals surface area contributed by atoms with E-state index in [2.05, 4.69) is 0 Å². The Morgan fingerprint density at radius 2 is 2.00 bits per heavy atom. The molecular weight excluding hydrogens is 380 g/mol. The molecule has 0 bridgehead atoms. The number of carbonyl (C=O) groups is 1. The summed E-state index contributed by atoms with van der Waals surface area (Å²) in [5.41, 5.74) is 0.202. The normalized spacial score (nSPS) is 20.5. The molecule has 9 heteroatoms. The highest BCUT2D eigenvalue weighted by Crippen LogP contribution is 2.33. The van der Waals surface area contributed by atoms with Crippen LogP contribution in [0, 0.1) is 0 Å². The van der Waals surface area contributed by atoms with Crippen LogP contribution in [-0.2, 0) is 14.8 Å². The maximum Gasteiger partial charge on any atom is 0.243 e. The van der Waals surface area contributed by atoms with Gasteiger partial charge in [0, 0.05) is 12.1 Å². The summed E-state index contributed by atoms with van der Waals surface area (Å²) < 4.78 is 30.8. The minimum atomic E-state index is -3.76. The number of hydrogen-bond donors (Lipinski definition) is 1. The fraction of sp³-hybridized carbons (Fsp3) is 0.588. The van der Waals surface area contributed by atoms with Gasteiger partial charge in [-0.1, -0.05) is 24.4 Å². The van der Waals surface area contributed by atoms with Gasteiger partial charge in [-0.15, -0.1) is 0 Å². The zero-order chi connectivity index (χ0) is 19.5. The first-order valence-electron chi connectivity index (χ1n) is 8.40. The molecule has 2 atom stereocenters. The fourth-order valence-electron chi connectivity index (χ4n) is 3.20. The van der Waals surface area contributed by atoms with Crippen molar-refractivity contribution in [3.63, 3.8) is 0 Å². The van der Waals surface area contributed by atoms with Crippen LogP contribution in [0.15, 0.2) is 18.2 Å². The number of likely N-dealkylation sites (N-methyl/N-ethyl adjacent to an activating group) is 1. The summed E-state index contributed by atoms with van der Waals surface area (Å²) >= 11 is 6.00. The highest BCUT2D eigenvalue weighted by Gasteiger charge is 2.32. The average Bonchev–Trinajstić information content (AvgIpc) is 2.58. The number of carbonyl (C=O) groups excluding carboxylic acids is 1. The standard InChI is InChI=1S/C17H25ClN2O5S/c1-19(13-6-4-5-7-15(13)21)17(22)11-20(26(3,23)24)14-10-12(18)8-9-16(14)25-2/h8-10,13,15,21H,4-7,11H2,1-3H3. The predicted molar refractivity (Wildman–Crippen MR) is 101 cm³/mol. The van der Waals surface area contributed by atoms with Gasteiger partial charge in [0.2, 0.25) is 15.9 Å². The molecule has 1 aromatic rings. The molecule has 0 aromatic heterocycles. The van der Waals surface area contributed by atoms with Crippen LogP contribution >= 0.6 is 11.6 Å². The zero-order valence-corrected chi connectivity index (χ0v) is 16.8. The molecule has 1 aromatic carbocycles. The number of amides is 1. The highest BCUT2D eigenvalue weighted by atomic mass is 35.5. The molecule has 0 aliphatic heterocycles. The van der Waals surface area contributed by atoms with Crippen molar-refractivity contribution in [3.8, 4) is 5.75 Å². The highest BCUT2D eigenvalue weighted by molar-refractivity contribution is 7.92. The van der Waals surface area contributed by atoms with E-state index in [4.69, 9.17) is 16.3 Å². The predicted octanol–water partition coefficient (Wildman–Crippen LogP) is 1.88. The van der Waals surface area contributed by atoms with Crippen LogP contribution in [0.25, 0.3) is 0 Å². The number of anilines is 1. The number of hydrogen-bond acceptors (Lipinski definition) is 5. The minimum absolute atomic E-state index is 0.202. The van der Waals surface area contributed by atoms with E-state index in [1.54, 1.807) is 19.2 Å². The van der Waals surface area contributed by atoms with E-state index in [0.717, 1.165) is 23.4 Å². The topological polar surface area (TPSA) is 87.2 Å². The van der Waals surface area contributed by atoms with Crippen LogP contribution in [0.1, 0.15) is 25.7 Å². The van der Waals surface area contributed by atoms with Crippen molar-refractivity contribution in [2.75, 3.05) is 31.3 Å². The van der Waals surface area contributed by atoms with E-state index in [0.29, 0.717) is 23.6 Å². The van der Waals surface area contributed by atoms with Gasteiger partial charge in [-0.3, -0.25) is 9.10 Å². The lowest BCUT2D eigenvalue weighted by molar-refractivity contribution is -0.133. The molecule has 0 radical (unpaired) electrons. The summed E-state index contributed by atoms with van der Waals surface area (Å²) in [5, 5.41) is 10.5. The van der Waals surface area contributed by atoms with Crippen molar-refractivity contribution < 1.29 is 23.1 Å². The van der Waals surface area contributed by atoms with Crippen molar-refractivity contribution in [3.05, 3.63) is 23.2 Å². The molecule has 2 rings (SSSR count). The first kappa shape index (κ1) is 20.8. The van der Waals surface area contributed by atoms with Gasteiger partial charge in [0.1, 0.15) is 12.3 Å². The van der Waals surface area contributed by atoms with Crippen LogP contribution in [0.4, 0.5) is 5.69 Å². The number of aliphatic hydroxyl groups is 1.